The van der Waals surface area contributed by atoms with Crippen LogP contribution < -0.4 is 0 Å². The molecule has 1 unspecified atom stereocenters. The summed E-state index contributed by atoms with van der Waals surface area (Å²) >= 11 is 0. The first kappa shape index (κ1) is 13.5. The Kier molecular flexibility index (Phi) is 3.55. The van der Waals surface area contributed by atoms with Crippen molar-refractivity contribution in [3.63, 3.8) is 0 Å². The van der Waals surface area contributed by atoms with Gasteiger partial charge in [-0.1, -0.05) is 17.3 Å². The van der Waals surface area contributed by atoms with Crippen molar-refractivity contribution >= 4 is 6.09 Å². The molecule has 110 valence electrons. The van der Waals surface area contributed by atoms with E-state index in [4.69, 9.17) is 9.63 Å². The SMILES string of the molecule is O=C(O)N1CCCC(c2noc(-c3ccccc3F)n2)C1. The van der Waals surface area contributed by atoms with Crippen LogP contribution in [0.1, 0.15) is 24.6 Å². The summed E-state index contributed by atoms with van der Waals surface area (Å²) in [6, 6.07) is 6.17. The molecule has 1 aliphatic rings. The fraction of sp³-hybridized carbons (Fsp3) is 0.357. The van der Waals surface area contributed by atoms with Crippen LogP contribution in [0.15, 0.2) is 28.8 Å². The van der Waals surface area contributed by atoms with E-state index in [0.717, 1.165) is 12.8 Å². The van der Waals surface area contributed by atoms with Crippen molar-refractivity contribution in [2.75, 3.05) is 13.1 Å². The minimum absolute atomic E-state index is 0.112. The molecule has 1 saturated heterocycles. The molecule has 1 N–H and O–H groups in total. The lowest BCUT2D eigenvalue weighted by molar-refractivity contribution is 0.129. The molecule has 1 aromatic carbocycles. The van der Waals surface area contributed by atoms with Gasteiger partial charge in [-0.25, -0.2) is 9.18 Å². The van der Waals surface area contributed by atoms with Gasteiger partial charge in [0.05, 0.1) is 5.56 Å². The van der Waals surface area contributed by atoms with E-state index in [2.05, 4.69) is 10.1 Å². The van der Waals surface area contributed by atoms with E-state index in [-0.39, 0.29) is 17.4 Å². The Hall–Kier alpha value is -2.44. The van der Waals surface area contributed by atoms with Crippen LogP contribution in [0.3, 0.4) is 0 Å². The smallest absolute Gasteiger partial charge is 0.407 e. The molecular formula is C14H14FN3O3. The average molecular weight is 291 g/mol. The van der Waals surface area contributed by atoms with Crippen molar-refractivity contribution in [2.45, 2.75) is 18.8 Å². The van der Waals surface area contributed by atoms with Gasteiger partial charge in [-0.15, -0.1) is 0 Å². The first-order chi connectivity index (χ1) is 10.1. The van der Waals surface area contributed by atoms with Gasteiger partial charge in [0.2, 0.25) is 0 Å². The van der Waals surface area contributed by atoms with Crippen molar-refractivity contribution in [2.24, 2.45) is 0 Å². The molecule has 1 amide bonds. The van der Waals surface area contributed by atoms with Gasteiger partial charge in [-0.3, -0.25) is 0 Å². The number of benzene rings is 1. The molecule has 0 radical (unpaired) electrons. The van der Waals surface area contributed by atoms with Gasteiger partial charge < -0.3 is 14.5 Å². The normalized spacial score (nSPS) is 18.7. The second kappa shape index (κ2) is 5.51. The molecule has 1 aliphatic heterocycles. The van der Waals surface area contributed by atoms with Crippen molar-refractivity contribution in [3.05, 3.63) is 35.9 Å². The highest BCUT2D eigenvalue weighted by Crippen LogP contribution is 2.27. The van der Waals surface area contributed by atoms with E-state index in [0.29, 0.717) is 18.9 Å². The van der Waals surface area contributed by atoms with Gasteiger partial charge in [0.1, 0.15) is 5.82 Å². The highest BCUT2D eigenvalue weighted by Gasteiger charge is 2.28. The summed E-state index contributed by atoms with van der Waals surface area (Å²) in [5, 5.41) is 12.9. The van der Waals surface area contributed by atoms with Crippen molar-refractivity contribution in [1.29, 1.82) is 0 Å². The summed E-state index contributed by atoms with van der Waals surface area (Å²) in [6.45, 7) is 0.857. The molecule has 0 aliphatic carbocycles. The number of halogens is 1. The number of aromatic nitrogens is 2. The van der Waals surface area contributed by atoms with E-state index in [1.807, 2.05) is 0 Å². The van der Waals surface area contributed by atoms with E-state index in [9.17, 15) is 9.18 Å². The maximum absolute atomic E-state index is 13.7. The average Bonchev–Trinajstić information content (AvgIpc) is 2.97. The minimum atomic E-state index is -0.947. The van der Waals surface area contributed by atoms with E-state index >= 15 is 0 Å². The summed E-state index contributed by atoms with van der Waals surface area (Å²) in [5.74, 6) is 0.0115. The number of hydrogen-bond acceptors (Lipinski definition) is 4. The zero-order chi connectivity index (χ0) is 14.8. The van der Waals surface area contributed by atoms with Gasteiger partial charge in [0.25, 0.3) is 5.89 Å². The molecule has 7 heteroatoms. The molecule has 3 rings (SSSR count). The summed E-state index contributed by atoms with van der Waals surface area (Å²) in [7, 11) is 0. The first-order valence-electron chi connectivity index (χ1n) is 6.71. The molecular weight excluding hydrogens is 277 g/mol. The molecule has 0 bridgehead atoms. The molecule has 21 heavy (non-hydrogen) atoms. The fourth-order valence-electron chi connectivity index (χ4n) is 2.51. The first-order valence-corrected chi connectivity index (χ1v) is 6.71. The number of hydrogen-bond donors (Lipinski definition) is 1. The van der Waals surface area contributed by atoms with E-state index in [1.54, 1.807) is 18.2 Å². The predicted molar refractivity (Wildman–Crippen MR) is 71.3 cm³/mol. The molecule has 1 aromatic heterocycles. The standard InChI is InChI=1S/C14H14FN3O3/c15-11-6-2-1-5-10(11)13-16-12(17-21-13)9-4-3-7-18(8-9)14(19)20/h1-2,5-6,9H,3-4,7-8H2,(H,19,20). The van der Waals surface area contributed by atoms with E-state index in [1.165, 1.54) is 11.0 Å². The number of carbonyl (C=O) groups is 1. The van der Waals surface area contributed by atoms with Crippen LogP contribution in [0, 0.1) is 5.82 Å². The van der Waals surface area contributed by atoms with Gasteiger partial charge >= 0.3 is 6.09 Å². The zero-order valence-electron chi connectivity index (χ0n) is 11.2. The maximum atomic E-state index is 13.7. The molecule has 0 spiro atoms. The number of piperidine rings is 1. The van der Waals surface area contributed by atoms with Gasteiger partial charge in [0, 0.05) is 19.0 Å². The summed E-state index contributed by atoms with van der Waals surface area (Å²) < 4.78 is 18.8. The van der Waals surface area contributed by atoms with Gasteiger partial charge in [-0.2, -0.15) is 4.98 Å². The maximum Gasteiger partial charge on any atom is 0.407 e. The second-order valence-electron chi connectivity index (χ2n) is 5.01. The predicted octanol–water partition coefficient (Wildman–Crippen LogP) is 2.73. The zero-order valence-corrected chi connectivity index (χ0v) is 11.2. The van der Waals surface area contributed by atoms with Crippen LogP contribution in [0.25, 0.3) is 11.5 Å². The molecule has 1 atom stereocenters. The minimum Gasteiger partial charge on any atom is -0.465 e. The molecule has 2 aromatic rings. The Morgan fingerprint density at radius 3 is 3.00 bits per heavy atom. The Balaban J connectivity index is 1.82. The fourth-order valence-corrected chi connectivity index (χ4v) is 2.51. The number of amides is 1. The van der Waals surface area contributed by atoms with Crippen LogP contribution in [-0.4, -0.2) is 39.3 Å². The van der Waals surface area contributed by atoms with Crippen LogP contribution in [0.5, 0.6) is 0 Å². The van der Waals surface area contributed by atoms with Crippen LogP contribution in [0.4, 0.5) is 9.18 Å². The summed E-state index contributed by atoms with van der Waals surface area (Å²) in [6.07, 6.45) is 0.595. The lowest BCUT2D eigenvalue weighted by Crippen LogP contribution is -2.38. The number of rotatable bonds is 2. The Morgan fingerprint density at radius 1 is 1.43 bits per heavy atom. The molecule has 6 nitrogen and oxygen atoms in total. The van der Waals surface area contributed by atoms with Crippen LogP contribution in [-0.2, 0) is 0 Å². The highest BCUT2D eigenvalue weighted by molar-refractivity contribution is 5.65. The molecule has 2 heterocycles. The largest absolute Gasteiger partial charge is 0.465 e. The second-order valence-corrected chi connectivity index (χ2v) is 5.01. The Morgan fingerprint density at radius 2 is 2.24 bits per heavy atom. The summed E-state index contributed by atoms with van der Waals surface area (Å²) in [5.41, 5.74) is 0.252. The lowest BCUT2D eigenvalue weighted by Gasteiger charge is -2.28. The Bertz CT molecular complexity index is 658. The lowest BCUT2D eigenvalue weighted by atomic mass is 9.98. The third-order valence-corrected chi connectivity index (χ3v) is 3.60. The van der Waals surface area contributed by atoms with E-state index < -0.39 is 11.9 Å². The third kappa shape index (κ3) is 2.72. The van der Waals surface area contributed by atoms with Crippen molar-refractivity contribution in [1.82, 2.24) is 15.0 Å². The Labute approximate surface area is 120 Å². The topological polar surface area (TPSA) is 79.5 Å². The quantitative estimate of drug-likeness (QED) is 0.920. The van der Waals surface area contributed by atoms with Gasteiger partial charge in [-0.05, 0) is 25.0 Å². The highest BCUT2D eigenvalue weighted by atomic mass is 19.1. The van der Waals surface area contributed by atoms with Crippen molar-refractivity contribution < 1.29 is 18.8 Å². The number of likely N-dealkylation sites (tertiary alicyclic amines) is 1. The number of nitrogens with zero attached hydrogens (tertiary/aromatic N) is 3. The monoisotopic (exact) mass is 291 g/mol. The molecule has 1 fully saturated rings. The molecule has 0 saturated carbocycles. The number of carboxylic acid groups (broad SMARTS) is 1. The van der Waals surface area contributed by atoms with Crippen LogP contribution >= 0.6 is 0 Å². The van der Waals surface area contributed by atoms with Crippen molar-refractivity contribution in [3.8, 4) is 11.5 Å². The summed E-state index contributed by atoms with van der Waals surface area (Å²) in [4.78, 5) is 16.6. The van der Waals surface area contributed by atoms with Gasteiger partial charge in [0.15, 0.2) is 5.82 Å². The van der Waals surface area contributed by atoms with Crippen LogP contribution in [0.2, 0.25) is 0 Å². The third-order valence-electron chi connectivity index (χ3n) is 3.60.